The van der Waals surface area contributed by atoms with Crippen LogP contribution in [0.3, 0.4) is 0 Å². The third kappa shape index (κ3) is 4.77. The number of alkyl halides is 3. The summed E-state index contributed by atoms with van der Waals surface area (Å²) in [7, 11) is 3.45. The number of rotatable bonds is 4. The van der Waals surface area contributed by atoms with Crippen LogP contribution in [-0.2, 0) is 4.79 Å². The number of piperidine rings is 1. The summed E-state index contributed by atoms with van der Waals surface area (Å²) in [6.07, 6.45) is -2.98. The van der Waals surface area contributed by atoms with Crippen molar-refractivity contribution in [2.45, 2.75) is 18.6 Å². The zero-order chi connectivity index (χ0) is 21.2. The molecule has 1 saturated heterocycles. The van der Waals surface area contributed by atoms with Crippen LogP contribution in [0.5, 0.6) is 0 Å². The number of pyridine rings is 1. The molecule has 1 amide bonds. The lowest BCUT2D eigenvalue weighted by molar-refractivity contribution is -0.178. The quantitative estimate of drug-likeness (QED) is 0.847. The van der Waals surface area contributed by atoms with Gasteiger partial charge in [0.15, 0.2) is 0 Å². The normalized spacial score (nSPS) is 20.0. The summed E-state index contributed by atoms with van der Waals surface area (Å²) in [5, 5.41) is 12.6. The SMILES string of the molecule is CN(C)CC(=O)N[C@H]1C[C@@H](C(F)(F)F)CN(c2ccc(C#N)c3ncccc23)C1. The lowest BCUT2D eigenvalue weighted by Crippen LogP contribution is -2.54. The second-order valence-electron chi connectivity index (χ2n) is 7.53. The number of carbonyl (C=O) groups excluding carboxylic acids is 1. The first kappa shape index (κ1) is 20.9. The molecule has 29 heavy (non-hydrogen) atoms. The van der Waals surface area contributed by atoms with Gasteiger partial charge in [0.2, 0.25) is 5.91 Å². The van der Waals surface area contributed by atoms with E-state index in [1.54, 1.807) is 54.4 Å². The van der Waals surface area contributed by atoms with Crippen molar-refractivity contribution in [2.75, 3.05) is 38.6 Å². The highest BCUT2D eigenvalue weighted by Crippen LogP contribution is 2.37. The molecule has 1 fully saturated rings. The number of halogens is 3. The lowest BCUT2D eigenvalue weighted by Gasteiger charge is -2.40. The van der Waals surface area contributed by atoms with E-state index in [-0.39, 0.29) is 32.0 Å². The van der Waals surface area contributed by atoms with E-state index < -0.39 is 18.1 Å². The molecule has 0 aliphatic carbocycles. The molecule has 1 aromatic carbocycles. The van der Waals surface area contributed by atoms with Crippen LogP contribution in [0, 0.1) is 17.2 Å². The standard InChI is InChI=1S/C20H22F3N5O/c1-27(2)12-18(29)26-15-8-14(20(21,22)23)10-28(11-15)17-6-5-13(9-24)19-16(17)4-3-7-25-19/h3-7,14-15H,8,10-12H2,1-2H3,(H,26,29)/t14-,15+/m1/s1. The van der Waals surface area contributed by atoms with Crippen LogP contribution in [0.15, 0.2) is 30.5 Å². The van der Waals surface area contributed by atoms with Gasteiger partial charge in [0.05, 0.1) is 23.5 Å². The summed E-state index contributed by atoms with van der Waals surface area (Å²) in [6, 6.07) is 8.09. The molecule has 154 valence electrons. The lowest BCUT2D eigenvalue weighted by atomic mass is 9.92. The van der Waals surface area contributed by atoms with Gasteiger partial charge in [-0.3, -0.25) is 9.78 Å². The minimum absolute atomic E-state index is 0.108. The van der Waals surface area contributed by atoms with Gasteiger partial charge in [-0.05, 0) is 44.8 Å². The van der Waals surface area contributed by atoms with Crippen LogP contribution in [0.1, 0.15) is 12.0 Å². The van der Waals surface area contributed by atoms with E-state index in [1.165, 1.54) is 0 Å². The van der Waals surface area contributed by atoms with Crippen molar-refractivity contribution in [3.8, 4) is 6.07 Å². The molecule has 0 bridgehead atoms. The van der Waals surface area contributed by atoms with Gasteiger partial charge in [-0.2, -0.15) is 18.4 Å². The van der Waals surface area contributed by atoms with Crippen molar-refractivity contribution in [1.29, 1.82) is 5.26 Å². The first-order valence-corrected chi connectivity index (χ1v) is 9.22. The minimum Gasteiger partial charge on any atom is -0.368 e. The fraction of sp³-hybridized carbons (Fsp3) is 0.450. The first-order chi connectivity index (χ1) is 13.7. The van der Waals surface area contributed by atoms with Gasteiger partial charge in [0.25, 0.3) is 0 Å². The molecular weight excluding hydrogens is 383 g/mol. The smallest absolute Gasteiger partial charge is 0.368 e. The van der Waals surface area contributed by atoms with Crippen LogP contribution in [0.25, 0.3) is 10.9 Å². The number of fused-ring (bicyclic) bond motifs is 1. The highest BCUT2D eigenvalue weighted by Gasteiger charge is 2.45. The number of hydrogen-bond acceptors (Lipinski definition) is 5. The molecule has 3 rings (SSSR count). The van der Waals surface area contributed by atoms with E-state index in [0.29, 0.717) is 22.2 Å². The molecule has 0 saturated carbocycles. The Bertz CT molecular complexity index is 938. The molecule has 2 atom stereocenters. The summed E-state index contributed by atoms with van der Waals surface area (Å²) in [6.45, 7) is 0.151. The summed E-state index contributed by atoms with van der Waals surface area (Å²) in [5.74, 6) is -1.88. The van der Waals surface area contributed by atoms with E-state index in [9.17, 15) is 23.2 Å². The first-order valence-electron chi connectivity index (χ1n) is 9.22. The number of nitriles is 1. The molecular formula is C20H22F3N5O. The van der Waals surface area contributed by atoms with E-state index in [1.807, 2.05) is 0 Å². The minimum atomic E-state index is -4.37. The number of anilines is 1. The fourth-order valence-corrected chi connectivity index (χ4v) is 3.72. The fourth-order valence-electron chi connectivity index (χ4n) is 3.72. The molecule has 2 heterocycles. The van der Waals surface area contributed by atoms with Gasteiger partial charge in [-0.25, -0.2) is 0 Å². The molecule has 2 aromatic rings. The Labute approximate surface area is 166 Å². The maximum Gasteiger partial charge on any atom is 0.393 e. The van der Waals surface area contributed by atoms with Gasteiger partial charge in [0.1, 0.15) is 6.07 Å². The maximum atomic E-state index is 13.6. The zero-order valence-electron chi connectivity index (χ0n) is 16.2. The maximum absolute atomic E-state index is 13.6. The van der Waals surface area contributed by atoms with E-state index >= 15 is 0 Å². The zero-order valence-corrected chi connectivity index (χ0v) is 16.2. The molecule has 1 N–H and O–H groups in total. The molecule has 1 aromatic heterocycles. The average Bonchev–Trinajstić information content (AvgIpc) is 2.65. The number of amides is 1. The number of aromatic nitrogens is 1. The summed E-state index contributed by atoms with van der Waals surface area (Å²) in [4.78, 5) is 19.6. The Morgan fingerprint density at radius 1 is 1.34 bits per heavy atom. The highest BCUT2D eigenvalue weighted by atomic mass is 19.4. The van der Waals surface area contributed by atoms with Crippen molar-refractivity contribution in [1.82, 2.24) is 15.2 Å². The Hall–Kier alpha value is -2.86. The largest absolute Gasteiger partial charge is 0.393 e. The Balaban J connectivity index is 1.94. The number of nitrogens with zero attached hydrogens (tertiary/aromatic N) is 4. The van der Waals surface area contributed by atoms with Gasteiger partial charge >= 0.3 is 6.18 Å². The second-order valence-corrected chi connectivity index (χ2v) is 7.53. The molecule has 1 aliphatic rings. The van der Waals surface area contributed by atoms with Crippen LogP contribution < -0.4 is 10.2 Å². The number of benzene rings is 1. The number of nitrogens with one attached hydrogen (secondary N) is 1. The van der Waals surface area contributed by atoms with E-state index in [0.717, 1.165) is 0 Å². The van der Waals surface area contributed by atoms with Crippen LogP contribution in [0.4, 0.5) is 18.9 Å². The van der Waals surface area contributed by atoms with Crippen LogP contribution in [0.2, 0.25) is 0 Å². The van der Waals surface area contributed by atoms with E-state index in [2.05, 4.69) is 16.4 Å². The van der Waals surface area contributed by atoms with Gasteiger partial charge < -0.3 is 15.1 Å². The Morgan fingerprint density at radius 3 is 2.76 bits per heavy atom. The Morgan fingerprint density at radius 2 is 2.10 bits per heavy atom. The van der Waals surface area contributed by atoms with Crippen LogP contribution >= 0.6 is 0 Å². The molecule has 6 nitrogen and oxygen atoms in total. The second kappa shape index (κ2) is 8.25. The third-order valence-electron chi connectivity index (χ3n) is 4.95. The molecule has 0 unspecified atom stereocenters. The monoisotopic (exact) mass is 405 g/mol. The molecule has 1 aliphatic heterocycles. The molecule has 0 spiro atoms. The van der Waals surface area contributed by atoms with E-state index in [4.69, 9.17) is 0 Å². The summed E-state index contributed by atoms with van der Waals surface area (Å²) in [5.41, 5.74) is 1.40. The molecule has 0 radical (unpaired) electrons. The molecule has 9 heteroatoms. The highest BCUT2D eigenvalue weighted by molar-refractivity contribution is 5.95. The van der Waals surface area contributed by atoms with Gasteiger partial charge in [-0.1, -0.05) is 0 Å². The topological polar surface area (TPSA) is 72.3 Å². The summed E-state index contributed by atoms with van der Waals surface area (Å²) >= 11 is 0. The van der Waals surface area contributed by atoms with Crippen molar-refractivity contribution in [2.24, 2.45) is 5.92 Å². The van der Waals surface area contributed by atoms with Crippen molar-refractivity contribution >= 4 is 22.5 Å². The van der Waals surface area contributed by atoms with Gasteiger partial charge in [-0.15, -0.1) is 0 Å². The summed E-state index contributed by atoms with van der Waals surface area (Å²) < 4.78 is 40.7. The average molecular weight is 405 g/mol. The number of carbonyl (C=O) groups is 1. The van der Waals surface area contributed by atoms with Crippen LogP contribution in [-0.4, -0.2) is 61.7 Å². The number of hydrogen-bond donors (Lipinski definition) is 1. The van der Waals surface area contributed by atoms with Crippen molar-refractivity contribution < 1.29 is 18.0 Å². The number of likely N-dealkylation sites (N-methyl/N-ethyl adjacent to an activating group) is 1. The van der Waals surface area contributed by atoms with Crippen molar-refractivity contribution in [3.05, 3.63) is 36.0 Å². The van der Waals surface area contributed by atoms with Crippen molar-refractivity contribution in [3.63, 3.8) is 0 Å². The van der Waals surface area contributed by atoms with Gasteiger partial charge in [0, 0.05) is 36.4 Å². The predicted molar refractivity (Wildman–Crippen MR) is 103 cm³/mol. The Kier molecular flexibility index (Phi) is 5.94. The predicted octanol–water partition coefficient (Wildman–Crippen LogP) is 2.54. The third-order valence-corrected chi connectivity index (χ3v) is 4.95.